The lowest BCUT2D eigenvalue weighted by Gasteiger charge is -2.11. The molecule has 1 N–H and O–H groups in total. The molecule has 96 valence electrons. The average molecular weight is 313 g/mol. The summed E-state index contributed by atoms with van der Waals surface area (Å²) < 4.78 is 12.1. The molecule has 0 saturated heterocycles. The molecule has 1 saturated carbocycles. The highest BCUT2D eigenvalue weighted by Crippen LogP contribution is 2.50. The zero-order valence-corrected chi connectivity index (χ0v) is 11.3. The third-order valence-electron chi connectivity index (χ3n) is 3.36. The smallest absolute Gasteiger partial charge is 0.307 e. The number of benzene rings is 1. The first-order chi connectivity index (χ1) is 8.66. The highest BCUT2D eigenvalue weighted by atomic mass is 79.9. The summed E-state index contributed by atoms with van der Waals surface area (Å²) in [5.74, 6) is 0.581. The van der Waals surface area contributed by atoms with E-state index < -0.39 is 5.97 Å². The van der Waals surface area contributed by atoms with E-state index in [1.54, 1.807) is 0 Å². The Morgan fingerprint density at radius 1 is 1.33 bits per heavy atom. The van der Waals surface area contributed by atoms with Crippen LogP contribution in [0, 0.1) is 5.92 Å². The molecular formula is C13H13BrO4. The van der Waals surface area contributed by atoms with Gasteiger partial charge in [0.25, 0.3) is 0 Å². The molecule has 1 fully saturated rings. The molecule has 1 aliphatic heterocycles. The van der Waals surface area contributed by atoms with Gasteiger partial charge in [-0.1, -0.05) is 0 Å². The molecule has 3 rings (SSSR count). The maximum atomic E-state index is 10.9. The molecule has 1 aromatic carbocycles. The highest BCUT2D eigenvalue weighted by Gasteiger charge is 2.44. The van der Waals surface area contributed by atoms with Crippen molar-refractivity contribution in [3.8, 4) is 11.5 Å². The van der Waals surface area contributed by atoms with Gasteiger partial charge in [0.05, 0.1) is 23.6 Å². The molecule has 18 heavy (non-hydrogen) atoms. The predicted molar refractivity (Wildman–Crippen MR) is 68.2 cm³/mol. The van der Waals surface area contributed by atoms with Crippen LogP contribution in [-0.2, 0) is 4.79 Å². The van der Waals surface area contributed by atoms with Crippen molar-refractivity contribution in [2.45, 2.75) is 18.8 Å². The summed E-state index contributed by atoms with van der Waals surface area (Å²) in [4.78, 5) is 10.9. The molecule has 2 atom stereocenters. The zero-order chi connectivity index (χ0) is 12.7. The van der Waals surface area contributed by atoms with E-state index in [0.29, 0.717) is 25.4 Å². The van der Waals surface area contributed by atoms with Crippen LogP contribution in [0.25, 0.3) is 0 Å². The van der Waals surface area contributed by atoms with Gasteiger partial charge in [-0.15, -0.1) is 0 Å². The van der Waals surface area contributed by atoms with E-state index >= 15 is 0 Å². The van der Waals surface area contributed by atoms with Crippen LogP contribution in [-0.4, -0.2) is 24.3 Å². The maximum Gasteiger partial charge on any atom is 0.307 e. The first-order valence-electron chi connectivity index (χ1n) is 5.98. The fourth-order valence-corrected chi connectivity index (χ4v) is 2.88. The van der Waals surface area contributed by atoms with E-state index in [0.717, 1.165) is 22.2 Å². The van der Waals surface area contributed by atoms with E-state index in [1.165, 1.54) is 0 Å². The minimum absolute atomic E-state index is 0.107. The van der Waals surface area contributed by atoms with Gasteiger partial charge >= 0.3 is 5.97 Å². The normalized spacial score (nSPS) is 25.4. The van der Waals surface area contributed by atoms with E-state index in [-0.39, 0.29) is 11.8 Å². The Morgan fingerprint density at radius 2 is 2.11 bits per heavy atom. The van der Waals surface area contributed by atoms with Gasteiger partial charge in [-0.05, 0) is 46.0 Å². The summed E-state index contributed by atoms with van der Waals surface area (Å²) in [6.45, 7) is 1.28. The number of carboxylic acids is 1. The van der Waals surface area contributed by atoms with Crippen LogP contribution in [0.1, 0.15) is 24.3 Å². The van der Waals surface area contributed by atoms with Crippen molar-refractivity contribution in [2.24, 2.45) is 5.92 Å². The van der Waals surface area contributed by atoms with Gasteiger partial charge in [-0.3, -0.25) is 4.79 Å². The Labute approximate surface area is 113 Å². The van der Waals surface area contributed by atoms with Gasteiger partial charge in [0.2, 0.25) is 0 Å². The number of carbonyl (C=O) groups is 1. The Hall–Kier alpha value is -1.23. The molecule has 2 aliphatic rings. The second kappa shape index (κ2) is 4.46. The Kier molecular flexibility index (Phi) is 2.93. The highest BCUT2D eigenvalue weighted by molar-refractivity contribution is 9.10. The number of halogens is 1. The molecule has 2 unspecified atom stereocenters. The van der Waals surface area contributed by atoms with Crippen LogP contribution in [0.4, 0.5) is 0 Å². The number of rotatable bonds is 2. The van der Waals surface area contributed by atoms with E-state index in [4.69, 9.17) is 14.6 Å². The second-order valence-electron chi connectivity index (χ2n) is 4.67. The minimum atomic E-state index is -0.719. The van der Waals surface area contributed by atoms with Gasteiger partial charge in [-0.25, -0.2) is 0 Å². The summed E-state index contributed by atoms with van der Waals surface area (Å²) in [5.41, 5.74) is 1.01. The third-order valence-corrected chi connectivity index (χ3v) is 3.95. The Balaban J connectivity index is 1.92. The van der Waals surface area contributed by atoms with Crippen LogP contribution in [0.2, 0.25) is 0 Å². The molecule has 1 heterocycles. The minimum Gasteiger partial charge on any atom is -0.490 e. The summed E-state index contributed by atoms with van der Waals surface area (Å²) in [6.07, 6.45) is 1.57. The third kappa shape index (κ3) is 2.07. The van der Waals surface area contributed by atoms with Crippen molar-refractivity contribution >= 4 is 21.9 Å². The first kappa shape index (κ1) is 11.8. The van der Waals surface area contributed by atoms with Gasteiger partial charge in [-0.2, -0.15) is 0 Å². The summed E-state index contributed by atoms with van der Waals surface area (Å²) in [7, 11) is 0. The summed E-state index contributed by atoms with van der Waals surface area (Å²) in [6, 6.07) is 3.86. The van der Waals surface area contributed by atoms with Crippen LogP contribution in [0.15, 0.2) is 16.6 Å². The Bertz CT molecular complexity index is 500. The second-order valence-corrected chi connectivity index (χ2v) is 5.52. The van der Waals surface area contributed by atoms with Crippen molar-refractivity contribution in [1.29, 1.82) is 0 Å². The number of aliphatic carboxylic acids is 1. The predicted octanol–water partition coefficient (Wildman–Crippen LogP) is 2.80. The maximum absolute atomic E-state index is 10.9. The van der Waals surface area contributed by atoms with Crippen molar-refractivity contribution in [2.75, 3.05) is 13.2 Å². The number of fused-ring (bicyclic) bond motifs is 1. The lowest BCUT2D eigenvalue weighted by atomic mass is 10.1. The van der Waals surface area contributed by atoms with Gasteiger partial charge < -0.3 is 14.6 Å². The number of ether oxygens (including phenoxy) is 2. The van der Waals surface area contributed by atoms with Gasteiger partial charge in [0.1, 0.15) is 0 Å². The quantitative estimate of drug-likeness (QED) is 0.912. The van der Waals surface area contributed by atoms with Crippen molar-refractivity contribution in [3.05, 3.63) is 22.2 Å². The van der Waals surface area contributed by atoms with Gasteiger partial charge in [0.15, 0.2) is 11.5 Å². The van der Waals surface area contributed by atoms with Crippen LogP contribution >= 0.6 is 15.9 Å². The topological polar surface area (TPSA) is 55.8 Å². The zero-order valence-electron chi connectivity index (χ0n) is 9.69. The molecule has 1 aromatic rings. The van der Waals surface area contributed by atoms with Crippen molar-refractivity contribution in [3.63, 3.8) is 0 Å². The SMILES string of the molecule is O=C(O)C1CC1c1cc(Br)c2c(c1)OCCCO2. The molecule has 0 amide bonds. The van der Waals surface area contributed by atoms with Crippen LogP contribution < -0.4 is 9.47 Å². The number of carboxylic acid groups (broad SMARTS) is 1. The first-order valence-corrected chi connectivity index (χ1v) is 6.78. The molecule has 0 bridgehead atoms. The molecule has 0 spiro atoms. The molecule has 5 heteroatoms. The summed E-state index contributed by atoms with van der Waals surface area (Å²) in [5, 5.41) is 8.97. The lowest BCUT2D eigenvalue weighted by Crippen LogP contribution is -2.00. The standard InChI is InChI=1S/C13H13BrO4/c14-10-4-7(8-6-9(8)13(15)16)5-11-12(10)18-3-1-2-17-11/h4-5,8-9H,1-3,6H2,(H,15,16). The van der Waals surface area contributed by atoms with Crippen LogP contribution in [0.5, 0.6) is 11.5 Å². The summed E-state index contributed by atoms with van der Waals surface area (Å²) >= 11 is 3.47. The molecule has 0 radical (unpaired) electrons. The van der Waals surface area contributed by atoms with E-state index in [1.807, 2.05) is 12.1 Å². The van der Waals surface area contributed by atoms with E-state index in [2.05, 4.69) is 15.9 Å². The van der Waals surface area contributed by atoms with Crippen LogP contribution in [0.3, 0.4) is 0 Å². The van der Waals surface area contributed by atoms with E-state index in [9.17, 15) is 4.79 Å². The molecule has 1 aliphatic carbocycles. The van der Waals surface area contributed by atoms with Gasteiger partial charge in [0, 0.05) is 6.42 Å². The molecular weight excluding hydrogens is 300 g/mol. The molecule has 4 nitrogen and oxygen atoms in total. The molecule has 0 aromatic heterocycles. The number of hydrogen-bond acceptors (Lipinski definition) is 3. The number of hydrogen-bond donors (Lipinski definition) is 1. The van der Waals surface area contributed by atoms with Crippen molar-refractivity contribution < 1.29 is 19.4 Å². The Morgan fingerprint density at radius 3 is 2.83 bits per heavy atom. The monoisotopic (exact) mass is 312 g/mol. The fourth-order valence-electron chi connectivity index (χ4n) is 2.30. The largest absolute Gasteiger partial charge is 0.490 e. The average Bonchev–Trinajstić information content (AvgIpc) is 3.12. The fraction of sp³-hybridized carbons (Fsp3) is 0.462. The lowest BCUT2D eigenvalue weighted by molar-refractivity contribution is -0.138. The van der Waals surface area contributed by atoms with Crippen molar-refractivity contribution in [1.82, 2.24) is 0 Å².